The molecular formula is C18H26N6O. The van der Waals surface area contributed by atoms with Gasteiger partial charge in [-0.3, -0.25) is 9.69 Å². The zero-order valence-corrected chi connectivity index (χ0v) is 14.9. The second-order valence-corrected chi connectivity index (χ2v) is 6.97. The quantitative estimate of drug-likeness (QED) is 0.860. The van der Waals surface area contributed by atoms with Gasteiger partial charge in [0.15, 0.2) is 0 Å². The van der Waals surface area contributed by atoms with Gasteiger partial charge in [0.25, 0.3) is 0 Å². The van der Waals surface area contributed by atoms with Crippen LogP contribution in [0.4, 0.5) is 0 Å². The minimum absolute atomic E-state index is 0.0624. The summed E-state index contributed by atoms with van der Waals surface area (Å²) in [6, 6.07) is 8.09. The molecule has 0 aliphatic carbocycles. The molecule has 1 amide bonds. The summed E-state index contributed by atoms with van der Waals surface area (Å²) in [5.41, 5.74) is 1.86. The van der Waals surface area contributed by atoms with Crippen LogP contribution < -0.4 is 5.32 Å². The Kier molecular flexibility index (Phi) is 5.75. The predicted molar refractivity (Wildman–Crippen MR) is 95.3 cm³/mol. The van der Waals surface area contributed by atoms with Crippen molar-refractivity contribution < 1.29 is 4.79 Å². The molecule has 1 saturated heterocycles. The summed E-state index contributed by atoms with van der Waals surface area (Å²) in [6.45, 7) is 7.48. The normalized spacial score (nSPS) is 17.4. The van der Waals surface area contributed by atoms with Crippen molar-refractivity contribution in [2.45, 2.75) is 39.2 Å². The van der Waals surface area contributed by atoms with E-state index in [1.807, 2.05) is 24.3 Å². The molecule has 1 aromatic carbocycles. The molecule has 1 unspecified atom stereocenters. The van der Waals surface area contributed by atoms with Gasteiger partial charge < -0.3 is 5.32 Å². The highest BCUT2D eigenvalue weighted by Gasteiger charge is 2.20. The Morgan fingerprint density at radius 2 is 2.00 bits per heavy atom. The number of benzene rings is 1. The summed E-state index contributed by atoms with van der Waals surface area (Å²) in [4.78, 5) is 14.7. The van der Waals surface area contributed by atoms with Crippen molar-refractivity contribution in [2.75, 3.05) is 19.6 Å². The molecule has 1 N–H and O–H groups in total. The summed E-state index contributed by atoms with van der Waals surface area (Å²) in [5, 5.41) is 14.1. The van der Waals surface area contributed by atoms with E-state index < -0.39 is 0 Å². The molecule has 134 valence electrons. The van der Waals surface area contributed by atoms with Gasteiger partial charge in [-0.1, -0.05) is 19.1 Å². The first-order valence-electron chi connectivity index (χ1n) is 8.95. The smallest absolute Gasteiger partial charge is 0.224 e. The Labute approximate surface area is 148 Å². The van der Waals surface area contributed by atoms with Crippen LogP contribution >= 0.6 is 0 Å². The van der Waals surface area contributed by atoms with Crippen molar-refractivity contribution in [1.29, 1.82) is 0 Å². The molecule has 7 nitrogen and oxygen atoms in total. The summed E-state index contributed by atoms with van der Waals surface area (Å²) < 4.78 is 1.59. The molecule has 1 aliphatic heterocycles. The Bertz CT molecular complexity index is 661. The highest BCUT2D eigenvalue weighted by Crippen LogP contribution is 2.17. The van der Waals surface area contributed by atoms with Crippen molar-refractivity contribution in [3.8, 4) is 5.69 Å². The molecule has 1 aliphatic rings. The van der Waals surface area contributed by atoms with Gasteiger partial charge >= 0.3 is 0 Å². The summed E-state index contributed by atoms with van der Waals surface area (Å²) in [5.74, 6) is 0.890. The number of tetrazole rings is 1. The number of likely N-dealkylation sites (tertiary alicyclic amines) is 1. The third-order valence-corrected chi connectivity index (χ3v) is 4.95. The molecule has 1 aromatic heterocycles. The monoisotopic (exact) mass is 342 g/mol. The number of hydrogen-bond acceptors (Lipinski definition) is 5. The van der Waals surface area contributed by atoms with Gasteiger partial charge in [0.1, 0.15) is 6.33 Å². The number of carbonyl (C=O) groups excluding carboxylic acids is 1. The number of piperidine rings is 1. The van der Waals surface area contributed by atoms with E-state index in [4.69, 9.17) is 0 Å². The van der Waals surface area contributed by atoms with Crippen molar-refractivity contribution in [1.82, 2.24) is 30.4 Å². The van der Waals surface area contributed by atoms with Gasteiger partial charge in [0, 0.05) is 12.6 Å². The number of carbonyl (C=O) groups is 1. The number of nitrogens with zero attached hydrogens (tertiary/aromatic N) is 5. The van der Waals surface area contributed by atoms with Crippen LogP contribution in [-0.4, -0.2) is 56.7 Å². The van der Waals surface area contributed by atoms with Crippen LogP contribution in [0, 0.1) is 5.92 Å². The van der Waals surface area contributed by atoms with Crippen molar-refractivity contribution in [3.05, 3.63) is 36.2 Å². The fraction of sp³-hybridized carbons (Fsp3) is 0.556. The number of hydrogen-bond donors (Lipinski definition) is 1. The molecule has 2 heterocycles. The maximum absolute atomic E-state index is 12.2. The van der Waals surface area contributed by atoms with Gasteiger partial charge in [-0.25, -0.2) is 4.68 Å². The number of nitrogens with one attached hydrogen (secondary N) is 1. The largest absolute Gasteiger partial charge is 0.354 e. The van der Waals surface area contributed by atoms with Crippen LogP contribution in [0.5, 0.6) is 0 Å². The van der Waals surface area contributed by atoms with E-state index >= 15 is 0 Å². The molecule has 1 atom stereocenters. The second-order valence-electron chi connectivity index (χ2n) is 6.97. The molecule has 1 fully saturated rings. The van der Waals surface area contributed by atoms with Crippen LogP contribution in [0.15, 0.2) is 30.6 Å². The van der Waals surface area contributed by atoms with Gasteiger partial charge in [-0.05, 0) is 66.9 Å². The molecule has 0 radical (unpaired) electrons. The SMILES string of the molecule is CC1CCN(C(C)CNC(=O)Cc2ccc(-n3cnnn3)cc2)CC1. The minimum atomic E-state index is 0.0624. The van der Waals surface area contributed by atoms with Crippen molar-refractivity contribution >= 4 is 5.91 Å². The van der Waals surface area contributed by atoms with Gasteiger partial charge in [-0.2, -0.15) is 0 Å². The highest BCUT2D eigenvalue weighted by molar-refractivity contribution is 5.78. The lowest BCUT2D eigenvalue weighted by Gasteiger charge is -2.35. The average molecular weight is 342 g/mol. The summed E-state index contributed by atoms with van der Waals surface area (Å²) >= 11 is 0. The highest BCUT2D eigenvalue weighted by atomic mass is 16.1. The van der Waals surface area contributed by atoms with Crippen LogP contribution in [-0.2, 0) is 11.2 Å². The van der Waals surface area contributed by atoms with E-state index in [0.29, 0.717) is 19.0 Å². The molecule has 0 spiro atoms. The molecule has 2 aromatic rings. The van der Waals surface area contributed by atoms with E-state index in [2.05, 4.69) is 39.6 Å². The van der Waals surface area contributed by atoms with E-state index in [9.17, 15) is 4.79 Å². The van der Waals surface area contributed by atoms with Crippen LogP contribution in [0.3, 0.4) is 0 Å². The first-order valence-corrected chi connectivity index (χ1v) is 8.95. The maximum atomic E-state index is 12.2. The van der Waals surface area contributed by atoms with Gasteiger partial charge in [0.2, 0.25) is 5.91 Å². The average Bonchev–Trinajstić information content (AvgIpc) is 3.15. The Hall–Kier alpha value is -2.28. The zero-order valence-electron chi connectivity index (χ0n) is 14.9. The number of aromatic nitrogens is 4. The zero-order chi connectivity index (χ0) is 17.6. The standard InChI is InChI=1S/C18H26N6O/c1-14-7-9-23(10-8-14)15(2)12-19-18(25)11-16-3-5-17(6-4-16)24-13-20-21-22-24/h3-6,13-15H,7-12H2,1-2H3,(H,19,25). The van der Waals surface area contributed by atoms with Crippen LogP contribution in [0.2, 0.25) is 0 Å². The fourth-order valence-electron chi connectivity index (χ4n) is 3.15. The fourth-order valence-corrected chi connectivity index (χ4v) is 3.15. The van der Waals surface area contributed by atoms with Crippen LogP contribution in [0.1, 0.15) is 32.3 Å². The second kappa shape index (κ2) is 8.20. The van der Waals surface area contributed by atoms with Crippen molar-refractivity contribution in [2.24, 2.45) is 5.92 Å². The van der Waals surface area contributed by atoms with E-state index in [1.165, 1.54) is 12.8 Å². The lowest BCUT2D eigenvalue weighted by Crippen LogP contribution is -2.45. The lowest BCUT2D eigenvalue weighted by atomic mass is 9.98. The number of amides is 1. The molecule has 3 rings (SSSR count). The Morgan fingerprint density at radius 3 is 2.64 bits per heavy atom. The van der Waals surface area contributed by atoms with E-state index in [1.54, 1.807) is 11.0 Å². The topological polar surface area (TPSA) is 75.9 Å². The molecular weight excluding hydrogens is 316 g/mol. The first kappa shape index (κ1) is 17.5. The third kappa shape index (κ3) is 4.85. The number of rotatable bonds is 6. The molecule has 7 heteroatoms. The Morgan fingerprint density at radius 1 is 1.28 bits per heavy atom. The van der Waals surface area contributed by atoms with Crippen LogP contribution in [0.25, 0.3) is 5.69 Å². The maximum Gasteiger partial charge on any atom is 0.224 e. The van der Waals surface area contributed by atoms with Crippen molar-refractivity contribution in [3.63, 3.8) is 0 Å². The summed E-state index contributed by atoms with van der Waals surface area (Å²) in [7, 11) is 0. The molecule has 0 saturated carbocycles. The summed E-state index contributed by atoms with van der Waals surface area (Å²) in [6.07, 6.45) is 4.45. The predicted octanol–water partition coefficient (Wildman–Crippen LogP) is 1.44. The Balaban J connectivity index is 1.44. The minimum Gasteiger partial charge on any atom is -0.354 e. The van der Waals surface area contributed by atoms with Gasteiger partial charge in [-0.15, -0.1) is 5.10 Å². The third-order valence-electron chi connectivity index (χ3n) is 4.95. The lowest BCUT2D eigenvalue weighted by molar-refractivity contribution is -0.120. The van der Waals surface area contributed by atoms with E-state index in [0.717, 1.165) is 30.3 Å². The molecule has 0 bridgehead atoms. The van der Waals surface area contributed by atoms with E-state index in [-0.39, 0.29) is 5.91 Å². The first-order chi connectivity index (χ1) is 12.1. The van der Waals surface area contributed by atoms with Gasteiger partial charge in [0.05, 0.1) is 12.1 Å². The molecule has 25 heavy (non-hydrogen) atoms.